The molecule has 0 bridgehead atoms. The third kappa shape index (κ3) is 2.55. The number of aromatic nitrogens is 1. The molecule has 0 aliphatic heterocycles. The Morgan fingerprint density at radius 1 is 1.40 bits per heavy atom. The third-order valence-electron chi connectivity index (χ3n) is 3.20. The van der Waals surface area contributed by atoms with Crippen molar-refractivity contribution in [1.82, 2.24) is 4.98 Å². The number of halogens is 1. The minimum atomic E-state index is -0.244. The van der Waals surface area contributed by atoms with Crippen LogP contribution in [0.1, 0.15) is 51.3 Å². The summed E-state index contributed by atoms with van der Waals surface area (Å²) in [6.45, 7) is 8.49. The lowest BCUT2D eigenvalue weighted by molar-refractivity contribution is 0.398. The van der Waals surface area contributed by atoms with Gasteiger partial charge in [0.2, 0.25) is 0 Å². The fraction of sp³-hybridized carbons (Fsp3) is 0.615. The summed E-state index contributed by atoms with van der Waals surface area (Å²) < 4.78 is 13.0. The molecule has 0 saturated heterocycles. The molecule has 0 aliphatic carbocycles. The molecule has 0 amide bonds. The Bertz CT molecular complexity index is 335. The molecular formula is C13H20FN. The van der Waals surface area contributed by atoms with Crippen LogP contribution in [0.3, 0.4) is 0 Å². The van der Waals surface area contributed by atoms with Gasteiger partial charge in [0.05, 0.1) is 6.20 Å². The Labute approximate surface area is 91.7 Å². The van der Waals surface area contributed by atoms with Crippen molar-refractivity contribution in [2.24, 2.45) is 0 Å². The van der Waals surface area contributed by atoms with Gasteiger partial charge in [0.25, 0.3) is 0 Å². The average Bonchev–Trinajstić information content (AvgIpc) is 2.17. The summed E-state index contributed by atoms with van der Waals surface area (Å²) in [6, 6.07) is 1.58. The highest BCUT2D eigenvalue weighted by molar-refractivity contribution is 5.26. The van der Waals surface area contributed by atoms with Crippen LogP contribution in [-0.4, -0.2) is 4.98 Å². The van der Waals surface area contributed by atoms with Crippen LogP contribution in [0.4, 0.5) is 4.39 Å². The lowest BCUT2D eigenvalue weighted by atomic mass is 9.78. The van der Waals surface area contributed by atoms with Crippen LogP contribution in [0.5, 0.6) is 0 Å². The quantitative estimate of drug-likeness (QED) is 0.730. The summed E-state index contributed by atoms with van der Waals surface area (Å²) in [5.74, 6) is -0.244. The van der Waals surface area contributed by atoms with E-state index in [0.717, 1.165) is 30.5 Å². The predicted molar refractivity (Wildman–Crippen MR) is 61.5 cm³/mol. The molecule has 1 unspecified atom stereocenters. The molecule has 0 aliphatic rings. The van der Waals surface area contributed by atoms with E-state index >= 15 is 0 Å². The summed E-state index contributed by atoms with van der Waals surface area (Å²) >= 11 is 0. The van der Waals surface area contributed by atoms with Crippen molar-refractivity contribution in [3.63, 3.8) is 0 Å². The molecule has 1 rings (SSSR count). The number of rotatable bonds is 4. The second kappa shape index (κ2) is 4.73. The van der Waals surface area contributed by atoms with Gasteiger partial charge < -0.3 is 0 Å². The van der Waals surface area contributed by atoms with E-state index in [1.165, 1.54) is 6.20 Å². The van der Waals surface area contributed by atoms with Gasteiger partial charge in [-0.2, -0.15) is 0 Å². The Morgan fingerprint density at radius 3 is 2.53 bits per heavy atom. The second-order valence-electron chi connectivity index (χ2n) is 4.48. The normalized spacial score (nSPS) is 15.0. The number of hydrogen-bond acceptors (Lipinski definition) is 1. The molecule has 2 heteroatoms. The molecule has 1 heterocycles. The fourth-order valence-corrected chi connectivity index (χ4v) is 2.19. The second-order valence-corrected chi connectivity index (χ2v) is 4.48. The van der Waals surface area contributed by atoms with Gasteiger partial charge in [0.15, 0.2) is 0 Å². The van der Waals surface area contributed by atoms with Crippen LogP contribution in [0.25, 0.3) is 0 Å². The van der Waals surface area contributed by atoms with Gasteiger partial charge in [-0.1, -0.05) is 27.2 Å². The topological polar surface area (TPSA) is 12.9 Å². The fourth-order valence-electron chi connectivity index (χ4n) is 2.19. The van der Waals surface area contributed by atoms with Gasteiger partial charge in [-0.05, 0) is 31.4 Å². The Balaban J connectivity index is 3.12. The molecule has 1 aromatic rings. The van der Waals surface area contributed by atoms with Crippen molar-refractivity contribution in [3.05, 3.63) is 29.3 Å². The molecule has 1 nitrogen and oxygen atoms in total. The molecule has 0 spiro atoms. The van der Waals surface area contributed by atoms with E-state index in [1.807, 2.05) is 6.92 Å². The van der Waals surface area contributed by atoms with Crippen molar-refractivity contribution in [2.45, 2.75) is 52.4 Å². The number of nitrogens with zero attached hydrogens (tertiary/aromatic N) is 1. The van der Waals surface area contributed by atoms with E-state index in [2.05, 4.69) is 25.8 Å². The van der Waals surface area contributed by atoms with Gasteiger partial charge >= 0.3 is 0 Å². The van der Waals surface area contributed by atoms with Gasteiger partial charge in [-0.15, -0.1) is 0 Å². The largest absolute Gasteiger partial charge is 0.257 e. The summed E-state index contributed by atoms with van der Waals surface area (Å²) in [6.07, 6.45) is 4.60. The molecule has 0 aromatic carbocycles. The van der Waals surface area contributed by atoms with Gasteiger partial charge in [-0.25, -0.2) is 4.39 Å². The Morgan fingerprint density at radius 2 is 2.07 bits per heavy atom. The minimum Gasteiger partial charge on any atom is -0.257 e. The molecule has 0 saturated carbocycles. The predicted octanol–water partition coefficient (Wildman–Crippen LogP) is 4.00. The van der Waals surface area contributed by atoms with Crippen LogP contribution in [0.2, 0.25) is 0 Å². The molecule has 84 valence electrons. The number of hydrogen-bond donors (Lipinski definition) is 0. The molecule has 1 atom stereocenters. The first-order valence-corrected chi connectivity index (χ1v) is 5.66. The van der Waals surface area contributed by atoms with E-state index in [0.29, 0.717) is 0 Å². The van der Waals surface area contributed by atoms with Crippen molar-refractivity contribution in [1.29, 1.82) is 0 Å². The molecule has 0 radical (unpaired) electrons. The highest BCUT2D eigenvalue weighted by Gasteiger charge is 2.26. The van der Waals surface area contributed by atoms with E-state index < -0.39 is 0 Å². The average molecular weight is 209 g/mol. The first-order chi connectivity index (χ1) is 7.03. The molecular weight excluding hydrogens is 189 g/mol. The third-order valence-corrected chi connectivity index (χ3v) is 3.20. The van der Waals surface area contributed by atoms with Crippen LogP contribution in [-0.2, 0) is 5.41 Å². The van der Waals surface area contributed by atoms with E-state index in [4.69, 9.17) is 0 Å². The van der Waals surface area contributed by atoms with Crippen LogP contribution in [0, 0.1) is 12.7 Å². The van der Waals surface area contributed by atoms with E-state index in [-0.39, 0.29) is 11.2 Å². The smallest absolute Gasteiger partial charge is 0.141 e. The molecule has 1 aromatic heterocycles. The summed E-state index contributed by atoms with van der Waals surface area (Å²) in [5, 5.41) is 0. The zero-order chi connectivity index (χ0) is 11.5. The molecule has 0 fully saturated rings. The van der Waals surface area contributed by atoms with Gasteiger partial charge in [0, 0.05) is 11.1 Å². The maximum absolute atomic E-state index is 13.0. The van der Waals surface area contributed by atoms with Gasteiger partial charge in [0.1, 0.15) is 5.82 Å². The maximum atomic E-state index is 13.0. The van der Waals surface area contributed by atoms with Crippen molar-refractivity contribution >= 4 is 0 Å². The summed E-state index contributed by atoms with van der Waals surface area (Å²) in [7, 11) is 0. The lowest BCUT2D eigenvalue weighted by Gasteiger charge is -2.28. The summed E-state index contributed by atoms with van der Waals surface area (Å²) in [5.41, 5.74) is 2.10. The number of pyridine rings is 1. The molecule has 15 heavy (non-hydrogen) atoms. The number of aryl methyl sites for hydroxylation is 1. The zero-order valence-electron chi connectivity index (χ0n) is 10.1. The van der Waals surface area contributed by atoms with E-state index in [1.54, 1.807) is 6.07 Å². The maximum Gasteiger partial charge on any atom is 0.141 e. The summed E-state index contributed by atoms with van der Waals surface area (Å²) in [4.78, 5) is 4.26. The monoisotopic (exact) mass is 209 g/mol. The first-order valence-electron chi connectivity index (χ1n) is 5.66. The Hall–Kier alpha value is -0.920. The highest BCUT2D eigenvalue weighted by Crippen LogP contribution is 2.32. The highest BCUT2D eigenvalue weighted by atomic mass is 19.1. The van der Waals surface area contributed by atoms with Crippen LogP contribution >= 0.6 is 0 Å². The van der Waals surface area contributed by atoms with Crippen molar-refractivity contribution in [2.75, 3.05) is 0 Å². The van der Waals surface area contributed by atoms with Crippen LogP contribution in [0.15, 0.2) is 12.3 Å². The lowest BCUT2D eigenvalue weighted by Crippen LogP contribution is -2.23. The van der Waals surface area contributed by atoms with Crippen molar-refractivity contribution in [3.8, 4) is 0 Å². The van der Waals surface area contributed by atoms with Crippen molar-refractivity contribution < 1.29 is 4.39 Å². The SMILES string of the molecule is CCCC(C)(CC)c1ncc(F)cc1C. The Kier molecular flexibility index (Phi) is 3.83. The minimum absolute atomic E-state index is 0.0898. The van der Waals surface area contributed by atoms with E-state index in [9.17, 15) is 4.39 Å². The standard InChI is InChI=1S/C13H20FN/c1-5-7-13(4,6-2)12-10(3)8-11(14)9-15-12/h8-9H,5-7H2,1-4H3. The first kappa shape index (κ1) is 12.2. The molecule has 0 N–H and O–H groups in total. The zero-order valence-corrected chi connectivity index (χ0v) is 10.1. The van der Waals surface area contributed by atoms with Gasteiger partial charge in [-0.3, -0.25) is 4.98 Å². The van der Waals surface area contributed by atoms with Crippen LogP contribution < -0.4 is 0 Å².